The average molecular weight is 310 g/mol. The molecule has 1 atom stereocenters. The molecule has 0 N–H and O–H groups in total. The Kier molecular flexibility index (Phi) is 3.63. The minimum atomic E-state index is 0.177. The average Bonchev–Trinajstić information content (AvgIpc) is 3.47. The van der Waals surface area contributed by atoms with Gasteiger partial charge in [0.1, 0.15) is 12.9 Å². The summed E-state index contributed by atoms with van der Waals surface area (Å²) in [6.07, 6.45) is 6.48. The molecule has 5 heteroatoms. The first-order chi connectivity index (χ1) is 11.2. The van der Waals surface area contributed by atoms with Crippen LogP contribution in [0.1, 0.15) is 32.6 Å². The fourth-order valence-electron chi connectivity index (χ4n) is 3.23. The Hall–Kier alpha value is -2.17. The van der Waals surface area contributed by atoms with Crippen molar-refractivity contribution in [3.8, 4) is 11.4 Å². The quantitative estimate of drug-likeness (QED) is 0.824. The molecule has 1 unspecified atom stereocenters. The molecule has 1 aromatic carbocycles. The second-order valence-electron chi connectivity index (χ2n) is 6.74. The Morgan fingerprint density at radius 3 is 2.65 bits per heavy atom. The van der Waals surface area contributed by atoms with Gasteiger partial charge in [0.05, 0.1) is 0 Å². The van der Waals surface area contributed by atoms with Gasteiger partial charge in [-0.15, -0.1) is 0 Å². The fraction of sp³-hybridized carbons (Fsp3) is 0.500. The standard InChI is InChI=1S/C18H22N4O/c1-13(14-7-8-14)22(16-9-10-16)17(23)11-21-12-19-18(20-21)15-5-3-2-4-6-15/h2-6,12-14,16H,7-11H2,1H3. The summed E-state index contributed by atoms with van der Waals surface area (Å²) in [5.74, 6) is 1.55. The summed E-state index contributed by atoms with van der Waals surface area (Å²) in [6.45, 7) is 2.48. The van der Waals surface area contributed by atoms with Crippen molar-refractivity contribution in [2.24, 2.45) is 5.92 Å². The smallest absolute Gasteiger partial charge is 0.244 e. The number of nitrogens with zero attached hydrogens (tertiary/aromatic N) is 4. The van der Waals surface area contributed by atoms with Crippen LogP contribution < -0.4 is 0 Å². The van der Waals surface area contributed by atoms with Crippen molar-refractivity contribution in [1.82, 2.24) is 19.7 Å². The minimum absolute atomic E-state index is 0.177. The van der Waals surface area contributed by atoms with E-state index in [0.717, 1.165) is 18.4 Å². The van der Waals surface area contributed by atoms with Gasteiger partial charge in [-0.25, -0.2) is 9.67 Å². The van der Waals surface area contributed by atoms with E-state index in [2.05, 4.69) is 21.9 Å². The van der Waals surface area contributed by atoms with Crippen LogP contribution >= 0.6 is 0 Å². The molecule has 2 aliphatic rings. The number of aromatic nitrogens is 3. The van der Waals surface area contributed by atoms with Crippen molar-refractivity contribution < 1.29 is 4.79 Å². The Balaban J connectivity index is 1.46. The Labute approximate surface area is 136 Å². The molecule has 1 heterocycles. The zero-order valence-electron chi connectivity index (χ0n) is 13.4. The molecule has 2 aromatic rings. The number of rotatable bonds is 6. The van der Waals surface area contributed by atoms with Crippen LogP contribution in [0.25, 0.3) is 11.4 Å². The summed E-state index contributed by atoms with van der Waals surface area (Å²) in [7, 11) is 0. The van der Waals surface area contributed by atoms with Gasteiger partial charge >= 0.3 is 0 Å². The predicted octanol–water partition coefficient (Wildman–Crippen LogP) is 2.73. The topological polar surface area (TPSA) is 51.0 Å². The first kappa shape index (κ1) is 14.4. The van der Waals surface area contributed by atoms with Gasteiger partial charge < -0.3 is 4.90 Å². The van der Waals surface area contributed by atoms with Gasteiger partial charge in [-0.05, 0) is 38.5 Å². The molecule has 2 saturated carbocycles. The van der Waals surface area contributed by atoms with Crippen LogP contribution in [0, 0.1) is 5.92 Å². The molecule has 0 bridgehead atoms. The van der Waals surface area contributed by atoms with Crippen molar-refractivity contribution in [3.05, 3.63) is 36.7 Å². The second kappa shape index (κ2) is 5.80. The lowest BCUT2D eigenvalue weighted by Gasteiger charge is -2.29. The highest BCUT2D eigenvalue weighted by atomic mass is 16.2. The highest BCUT2D eigenvalue weighted by Gasteiger charge is 2.41. The molecule has 0 aliphatic heterocycles. The van der Waals surface area contributed by atoms with Crippen molar-refractivity contribution in [2.45, 2.75) is 51.2 Å². The lowest BCUT2D eigenvalue weighted by molar-refractivity contribution is -0.135. The van der Waals surface area contributed by atoms with E-state index >= 15 is 0 Å². The highest BCUT2D eigenvalue weighted by molar-refractivity contribution is 5.77. The maximum absolute atomic E-state index is 12.8. The van der Waals surface area contributed by atoms with Gasteiger partial charge in [0, 0.05) is 17.6 Å². The van der Waals surface area contributed by atoms with Gasteiger partial charge in [-0.1, -0.05) is 30.3 Å². The number of carbonyl (C=O) groups is 1. The summed E-state index contributed by atoms with van der Waals surface area (Å²) in [4.78, 5) is 19.2. The molecule has 23 heavy (non-hydrogen) atoms. The van der Waals surface area contributed by atoms with Crippen molar-refractivity contribution in [3.63, 3.8) is 0 Å². The van der Waals surface area contributed by atoms with Crippen LogP contribution in [-0.2, 0) is 11.3 Å². The van der Waals surface area contributed by atoms with E-state index in [1.54, 1.807) is 11.0 Å². The monoisotopic (exact) mass is 310 g/mol. The first-order valence-electron chi connectivity index (χ1n) is 8.48. The molecule has 1 aromatic heterocycles. The Morgan fingerprint density at radius 1 is 1.26 bits per heavy atom. The summed E-state index contributed by atoms with van der Waals surface area (Å²) in [5.41, 5.74) is 0.976. The minimum Gasteiger partial charge on any atom is -0.335 e. The van der Waals surface area contributed by atoms with Gasteiger partial charge in [-0.3, -0.25) is 4.79 Å². The molecule has 2 aliphatic carbocycles. The zero-order valence-corrected chi connectivity index (χ0v) is 13.4. The third-order valence-electron chi connectivity index (χ3n) is 4.84. The lowest BCUT2D eigenvalue weighted by Crippen LogP contribution is -2.43. The maximum Gasteiger partial charge on any atom is 0.244 e. The molecule has 2 fully saturated rings. The second-order valence-corrected chi connectivity index (χ2v) is 6.74. The fourth-order valence-corrected chi connectivity index (χ4v) is 3.23. The summed E-state index contributed by atoms with van der Waals surface area (Å²) < 4.78 is 1.67. The summed E-state index contributed by atoms with van der Waals surface area (Å²) >= 11 is 0. The number of carbonyl (C=O) groups excluding carboxylic acids is 1. The molecule has 1 amide bonds. The van der Waals surface area contributed by atoms with Crippen LogP contribution in [0.4, 0.5) is 0 Å². The van der Waals surface area contributed by atoms with Crippen LogP contribution in [0.2, 0.25) is 0 Å². The Morgan fingerprint density at radius 2 is 2.00 bits per heavy atom. The van der Waals surface area contributed by atoms with Gasteiger partial charge in [-0.2, -0.15) is 5.10 Å². The van der Waals surface area contributed by atoms with E-state index in [9.17, 15) is 4.79 Å². The molecule has 5 nitrogen and oxygen atoms in total. The molecule has 120 valence electrons. The van der Waals surface area contributed by atoms with Crippen LogP contribution in [-0.4, -0.2) is 37.7 Å². The zero-order chi connectivity index (χ0) is 15.8. The third kappa shape index (κ3) is 3.14. The summed E-state index contributed by atoms with van der Waals surface area (Å²) in [5, 5.41) is 4.46. The van der Waals surface area contributed by atoms with E-state index in [0.29, 0.717) is 23.8 Å². The van der Waals surface area contributed by atoms with Gasteiger partial charge in [0.25, 0.3) is 0 Å². The van der Waals surface area contributed by atoms with Crippen LogP contribution in [0.15, 0.2) is 36.7 Å². The van der Waals surface area contributed by atoms with Crippen LogP contribution in [0.3, 0.4) is 0 Å². The number of hydrogen-bond acceptors (Lipinski definition) is 3. The largest absolute Gasteiger partial charge is 0.335 e. The maximum atomic E-state index is 12.8. The predicted molar refractivity (Wildman–Crippen MR) is 87.5 cm³/mol. The molecule has 4 rings (SSSR count). The molecular formula is C18H22N4O. The molecule has 0 spiro atoms. The van der Waals surface area contributed by atoms with Crippen LogP contribution in [0.5, 0.6) is 0 Å². The van der Waals surface area contributed by atoms with Crippen molar-refractivity contribution in [1.29, 1.82) is 0 Å². The lowest BCUT2D eigenvalue weighted by atomic mass is 10.1. The molecule has 0 saturated heterocycles. The summed E-state index contributed by atoms with van der Waals surface area (Å²) in [6, 6.07) is 10.7. The number of hydrogen-bond donors (Lipinski definition) is 0. The number of benzene rings is 1. The van der Waals surface area contributed by atoms with E-state index in [4.69, 9.17) is 0 Å². The molecule has 0 radical (unpaired) electrons. The van der Waals surface area contributed by atoms with E-state index in [1.807, 2.05) is 30.3 Å². The first-order valence-corrected chi connectivity index (χ1v) is 8.48. The van der Waals surface area contributed by atoms with Gasteiger partial charge in [0.2, 0.25) is 5.91 Å². The van der Waals surface area contributed by atoms with Gasteiger partial charge in [0.15, 0.2) is 5.82 Å². The normalized spacial score (nSPS) is 18.7. The third-order valence-corrected chi connectivity index (χ3v) is 4.84. The highest BCUT2D eigenvalue weighted by Crippen LogP contribution is 2.39. The van der Waals surface area contributed by atoms with E-state index in [1.165, 1.54) is 12.8 Å². The van der Waals surface area contributed by atoms with E-state index < -0.39 is 0 Å². The number of amides is 1. The SMILES string of the molecule is CC(C1CC1)N(C(=O)Cn1cnc(-c2ccccc2)n1)C1CC1. The molecular weight excluding hydrogens is 288 g/mol. The Bertz CT molecular complexity index is 688. The van der Waals surface area contributed by atoms with Crippen molar-refractivity contribution >= 4 is 5.91 Å². The van der Waals surface area contributed by atoms with E-state index in [-0.39, 0.29) is 12.5 Å². The van der Waals surface area contributed by atoms with Crippen molar-refractivity contribution in [2.75, 3.05) is 0 Å².